The molecular weight excluding hydrogens is 554 g/mol. The number of benzene rings is 1. The Morgan fingerprint density at radius 2 is 1.85 bits per heavy atom. The van der Waals surface area contributed by atoms with Crippen molar-refractivity contribution >= 4 is 34.8 Å². The minimum atomic E-state index is -2.68. The van der Waals surface area contributed by atoms with Gasteiger partial charge < -0.3 is 31.3 Å². The van der Waals surface area contributed by atoms with Crippen LogP contribution in [-0.4, -0.2) is 97.7 Å². The lowest BCUT2D eigenvalue weighted by atomic mass is 9.57. The van der Waals surface area contributed by atoms with Crippen molar-refractivity contribution in [2.75, 3.05) is 27.2 Å². The monoisotopic (exact) mass is 589 g/mol. The molecule has 1 saturated carbocycles. The van der Waals surface area contributed by atoms with Gasteiger partial charge in [0.1, 0.15) is 22.8 Å². The third-order valence-corrected chi connectivity index (χ3v) is 9.89. The van der Waals surface area contributed by atoms with Crippen molar-refractivity contribution in [1.82, 2.24) is 9.80 Å². The summed E-state index contributed by atoms with van der Waals surface area (Å²) in [6.07, 6.45) is 1.16. The van der Waals surface area contributed by atoms with Gasteiger partial charge in [0.05, 0.1) is 17.7 Å². The van der Waals surface area contributed by atoms with E-state index < -0.39 is 58.0 Å². The molecule has 1 aliphatic heterocycles. The Bertz CT molecular complexity index is 1390. The molecule has 5 rings (SSSR count). The van der Waals surface area contributed by atoms with Crippen molar-refractivity contribution in [3.63, 3.8) is 0 Å². The van der Waals surface area contributed by atoms with Gasteiger partial charge in [-0.25, -0.2) is 0 Å². The van der Waals surface area contributed by atoms with E-state index in [1.165, 1.54) is 11.0 Å². The van der Waals surface area contributed by atoms with E-state index in [1.807, 2.05) is 6.92 Å². The lowest BCUT2D eigenvalue weighted by molar-refractivity contribution is -0.153. The van der Waals surface area contributed by atoms with Gasteiger partial charge in [-0.15, -0.1) is 0 Å². The number of ketones is 2. The Labute approximate surface area is 242 Å². The number of phenols is 1. The second kappa shape index (κ2) is 10.4. The molecule has 222 valence electrons. The molecule has 6 atom stereocenters. The van der Waals surface area contributed by atoms with E-state index in [4.69, 9.17) is 17.3 Å². The third-order valence-electron chi connectivity index (χ3n) is 9.42. The lowest BCUT2D eigenvalue weighted by Gasteiger charge is -2.50. The largest absolute Gasteiger partial charge is 0.508 e. The fourth-order valence-electron chi connectivity index (χ4n) is 7.15. The normalized spacial score (nSPS) is 32.5. The van der Waals surface area contributed by atoms with Crippen molar-refractivity contribution in [1.29, 1.82) is 0 Å². The zero-order valence-corrected chi connectivity index (χ0v) is 24.0. The molecule has 1 saturated heterocycles. The number of rotatable bonds is 4. The molecule has 1 heterocycles. The summed E-state index contributed by atoms with van der Waals surface area (Å²) in [5, 5.41) is 55.6. The van der Waals surface area contributed by atoms with Gasteiger partial charge in [0.15, 0.2) is 11.4 Å². The minimum Gasteiger partial charge on any atom is -0.508 e. The minimum absolute atomic E-state index is 0.00498. The average molecular weight is 590 g/mol. The lowest BCUT2D eigenvalue weighted by Crippen LogP contribution is -2.65. The van der Waals surface area contributed by atoms with Crippen molar-refractivity contribution in [3.8, 4) is 5.75 Å². The van der Waals surface area contributed by atoms with E-state index in [1.54, 1.807) is 14.1 Å². The second-order valence-electron chi connectivity index (χ2n) is 12.1. The van der Waals surface area contributed by atoms with Crippen LogP contribution in [0.5, 0.6) is 5.75 Å². The van der Waals surface area contributed by atoms with E-state index in [0.29, 0.717) is 35.7 Å². The fourth-order valence-corrected chi connectivity index (χ4v) is 7.44. The maximum absolute atomic E-state index is 13.9. The maximum Gasteiger partial charge on any atom is 0.255 e. The highest BCUT2D eigenvalue weighted by atomic mass is 35.5. The summed E-state index contributed by atoms with van der Waals surface area (Å²) >= 11 is 6.88. The van der Waals surface area contributed by atoms with Crippen LogP contribution in [0, 0.1) is 17.8 Å². The molecule has 1 amide bonds. The molecule has 0 radical (unpaired) electrons. The standard InChI is InChI=1S/C29H36ClN3O8/c1-12-4-6-33(7-5-17(12)34)11-14-10-18(35)20-15(22(14)30)8-13-9-16-23(32(2)3)25(37)21(28(31)40)27(39)29(16,41)26(38)19(13)24(20)36/h10,12-13,16-17,23,34-36,39,41H,4-9,11H2,1-3H3,(H2,31,40)/t12-,13-,16-,17?,23-,29-/m0/s1. The molecule has 0 aromatic heterocycles. The van der Waals surface area contributed by atoms with Crippen LogP contribution in [-0.2, 0) is 27.3 Å². The van der Waals surface area contributed by atoms with E-state index in [9.17, 15) is 39.9 Å². The summed E-state index contributed by atoms with van der Waals surface area (Å²) in [6.45, 7) is 3.81. The number of primary amides is 1. The summed E-state index contributed by atoms with van der Waals surface area (Å²) in [5.74, 6) is -6.81. The average Bonchev–Trinajstić information content (AvgIpc) is 3.04. The molecule has 2 fully saturated rings. The number of carbonyl (C=O) groups excluding carboxylic acids is 3. The zero-order valence-electron chi connectivity index (χ0n) is 23.2. The molecule has 1 aromatic rings. The number of likely N-dealkylation sites (tertiary alicyclic amines) is 1. The van der Waals surface area contributed by atoms with Gasteiger partial charge in [0, 0.05) is 29.6 Å². The van der Waals surface area contributed by atoms with Crippen molar-refractivity contribution in [2.24, 2.45) is 23.5 Å². The number of amides is 1. The molecule has 7 N–H and O–H groups in total. The molecule has 3 aliphatic carbocycles. The number of carbonyl (C=O) groups is 3. The predicted octanol–water partition coefficient (Wildman–Crippen LogP) is 1.21. The van der Waals surface area contributed by atoms with Gasteiger partial charge in [-0.05, 0) is 75.4 Å². The first-order valence-electron chi connectivity index (χ1n) is 13.8. The van der Waals surface area contributed by atoms with Crippen LogP contribution < -0.4 is 5.73 Å². The SMILES string of the molecule is C[C@H]1CCN(Cc2cc(O)c3c(c2Cl)C[C@H]2C[C@H]4[C@H](N(C)C)C(=O)C(C(N)=O)=C(O)[C@@]4(O)C(=O)C2=C3O)CCC1O. The Morgan fingerprint density at radius 3 is 2.49 bits per heavy atom. The molecule has 12 heteroatoms. The highest BCUT2D eigenvalue weighted by molar-refractivity contribution is 6.32. The van der Waals surface area contributed by atoms with Gasteiger partial charge in [0.25, 0.3) is 5.91 Å². The van der Waals surface area contributed by atoms with Crippen LogP contribution in [0.2, 0.25) is 5.02 Å². The number of Topliss-reactive ketones (excluding diaryl/α,β-unsaturated/α-hetero) is 2. The second-order valence-corrected chi connectivity index (χ2v) is 12.5. The van der Waals surface area contributed by atoms with E-state index >= 15 is 0 Å². The number of aliphatic hydroxyl groups excluding tert-OH is 3. The Hall–Kier alpha value is -2.96. The number of nitrogens with zero attached hydrogens (tertiary/aromatic N) is 2. The Balaban J connectivity index is 1.58. The molecule has 4 aliphatic rings. The maximum atomic E-state index is 13.9. The number of fused-ring (bicyclic) bond motifs is 3. The number of aromatic hydroxyl groups is 1. The molecule has 0 spiro atoms. The molecule has 41 heavy (non-hydrogen) atoms. The molecule has 1 aromatic carbocycles. The number of aliphatic hydroxyl groups is 4. The summed E-state index contributed by atoms with van der Waals surface area (Å²) in [6, 6.07) is 0.293. The van der Waals surface area contributed by atoms with E-state index in [2.05, 4.69) is 4.90 Å². The number of nitrogens with two attached hydrogens (primary N) is 1. The first-order valence-corrected chi connectivity index (χ1v) is 14.2. The molecular formula is C29H36ClN3O8. The highest BCUT2D eigenvalue weighted by Gasteiger charge is 2.64. The van der Waals surface area contributed by atoms with Crippen molar-refractivity contribution in [3.05, 3.63) is 44.7 Å². The van der Waals surface area contributed by atoms with Gasteiger partial charge in [-0.2, -0.15) is 0 Å². The molecule has 11 nitrogen and oxygen atoms in total. The number of halogens is 1. The summed E-state index contributed by atoms with van der Waals surface area (Å²) in [4.78, 5) is 42.9. The van der Waals surface area contributed by atoms with E-state index in [-0.39, 0.29) is 41.7 Å². The van der Waals surface area contributed by atoms with Crippen LogP contribution in [0.15, 0.2) is 23.0 Å². The van der Waals surface area contributed by atoms with Crippen LogP contribution in [0.25, 0.3) is 5.76 Å². The van der Waals surface area contributed by atoms with Crippen LogP contribution >= 0.6 is 11.6 Å². The topological polar surface area (TPSA) is 185 Å². The fraction of sp³-hybridized carbons (Fsp3) is 0.552. The first-order chi connectivity index (χ1) is 19.2. The molecule has 1 unspecified atom stereocenters. The van der Waals surface area contributed by atoms with Crippen LogP contribution in [0.1, 0.15) is 42.9 Å². The summed E-state index contributed by atoms with van der Waals surface area (Å²) < 4.78 is 0. The first kappa shape index (κ1) is 29.5. The van der Waals surface area contributed by atoms with Gasteiger partial charge >= 0.3 is 0 Å². The number of phenolic OH excluding ortho intramolecular Hbond substituents is 1. The van der Waals surface area contributed by atoms with E-state index in [0.717, 1.165) is 13.0 Å². The highest BCUT2D eigenvalue weighted by Crippen LogP contribution is 2.53. The van der Waals surface area contributed by atoms with Gasteiger partial charge in [-0.1, -0.05) is 18.5 Å². The predicted molar refractivity (Wildman–Crippen MR) is 149 cm³/mol. The zero-order chi connectivity index (χ0) is 30.1. The molecule has 0 bridgehead atoms. The summed E-state index contributed by atoms with van der Waals surface area (Å²) in [5.41, 5.74) is 2.65. The van der Waals surface area contributed by atoms with Gasteiger partial charge in [0.2, 0.25) is 5.78 Å². The summed E-state index contributed by atoms with van der Waals surface area (Å²) in [7, 11) is 3.11. The Kier molecular flexibility index (Phi) is 7.48. The Morgan fingerprint density at radius 1 is 1.20 bits per heavy atom. The third kappa shape index (κ3) is 4.45. The number of likely N-dealkylation sites (N-methyl/N-ethyl adjacent to an activating group) is 1. The quantitative estimate of drug-likeness (QED) is 0.279. The smallest absolute Gasteiger partial charge is 0.255 e. The van der Waals surface area contributed by atoms with Gasteiger partial charge in [-0.3, -0.25) is 24.2 Å². The van der Waals surface area contributed by atoms with Crippen LogP contribution in [0.3, 0.4) is 0 Å². The van der Waals surface area contributed by atoms with Crippen molar-refractivity contribution in [2.45, 2.75) is 56.9 Å². The van der Waals surface area contributed by atoms with Crippen molar-refractivity contribution < 1.29 is 39.9 Å². The van der Waals surface area contributed by atoms with Crippen LogP contribution in [0.4, 0.5) is 0 Å². The number of hydrogen-bond acceptors (Lipinski definition) is 10. The number of hydrogen-bond donors (Lipinski definition) is 6.